The van der Waals surface area contributed by atoms with Gasteiger partial charge in [0.05, 0.1) is 24.6 Å². The molecular formula is C33H21BBrCl2F5N2O8. The molecule has 2 heterocycles. The van der Waals surface area contributed by atoms with E-state index >= 15 is 8.78 Å². The van der Waals surface area contributed by atoms with E-state index in [0.717, 1.165) is 4.90 Å². The molecule has 3 N–H and O–H groups in total. The number of halogens is 8. The second-order valence-electron chi connectivity index (χ2n) is 12.7. The van der Waals surface area contributed by atoms with Gasteiger partial charge in [-0.25, -0.2) is 26.9 Å². The third-order valence-corrected chi connectivity index (χ3v) is 12.1. The maximum absolute atomic E-state index is 15.3. The highest BCUT2D eigenvalue weighted by Gasteiger charge is 2.77. The molecule has 52 heavy (non-hydrogen) atoms. The van der Waals surface area contributed by atoms with Gasteiger partial charge in [-0.2, -0.15) is 0 Å². The number of aromatic hydroxyl groups is 1. The van der Waals surface area contributed by atoms with Gasteiger partial charge in [0, 0.05) is 16.0 Å². The van der Waals surface area contributed by atoms with Gasteiger partial charge in [0.25, 0.3) is 11.8 Å². The Hall–Kier alpha value is -4.03. The van der Waals surface area contributed by atoms with Crippen LogP contribution in [0.2, 0.25) is 0 Å². The molecule has 3 aromatic carbocycles. The number of fused-ring (bicyclic) bond motifs is 4. The zero-order chi connectivity index (χ0) is 37.9. The molecule has 2 aliphatic heterocycles. The quantitative estimate of drug-likeness (QED) is 0.0658. The molecule has 7 rings (SSSR count). The molecule has 4 aliphatic rings. The number of imide groups is 2. The van der Waals surface area contributed by atoms with Crippen LogP contribution in [0.15, 0.2) is 52.5 Å². The zero-order valence-electron chi connectivity index (χ0n) is 26.1. The summed E-state index contributed by atoms with van der Waals surface area (Å²) in [5.74, 6) is -23.7. The van der Waals surface area contributed by atoms with Crippen LogP contribution in [-0.4, -0.2) is 62.8 Å². The van der Waals surface area contributed by atoms with Crippen molar-refractivity contribution in [1.29, 1.82) is 0 Å². The van der Waals surface area contributed by atoms with Crippen LogP contribution in [0.5, 0.6) is 11.5 Å². The van der Waals surface area contributed by atoms with Gasteiger partial charge >= 0.3 is 7.12 Å². The number of nitrogens with zero attached hydrogens (tertiary/aromatic N) is 2. The Morgan fingerprint density at radius 2 is 1.52 bits per heavy atom. The number of hydrogen-bond acceptors (Lipinski definition) is 8. The first-order valence-corrected chi connectivity index (χ1v) is 16.9. The Labute approximate surface area is 308 Å². The summed E-state index contributed by atoms with van der Waals surface area (Å²) >= 11 is 17.5. The van der Waals surface area contributed by atoms with E-state index in [1.165, 1.54) is 49.6 Å². The predicted molar refractivity (Wildman–Crippen MR) is 178 cm³/mol. The Bertz CT molecular complexity index is 2170. The third kappa shape index (κ3) is 4.68. The smallest absolute Gasteiger partial charge is 0.488 e. The number of benzene rings is 3. The maximum Gasteiger partial charge on any atom is 0.488 e. The highest BCUT2D eigenvalue weighted by Crippen LogP contribution is 2.67. The van der Waals surface area contributed by atoms with Crippen molar-refractivity contribution in [2.45, 2.75) is 28.5 Å². The Balaban J connectivity index is 1.45. The summed E-state index contributed by atoms with van der Waals surface area (Å²) in [6, 6.07) is 7.90. The predicted octanol–water partition coefficient (Wildman–Crippen LogP) is 4.31. The van der Waals surface area contributed by atoms with Crippen LogP contribution in [0.3, 0.4) is 0 Å². The van der Waals surface area contributed by atoms with Gasteiger partial charge < -0.3 is 19.9 Å². The lowest BCUT2D eigenvalue weighted by Crippen LogP contribution is -2.60. The number of carbonyl (C=O) groups excluding carboxylic acids is 4. The van der Waals surface area contributed by atoms with Crippen LogP contribution in [0.4, 0.5) is 33.3 Å². The fourth-order valence-electron chi connectivity index (χ4n) is 7.96. The monoisotopic (exact) mass is 828 g/mol. The van der Waals surface area contributed by atoms with Crippen LogP contribution in [-0.2, 0) is 19.2 Å². The van der Waals surface area contributed by atoms with Gasteiger partial charge in [-0.1, -0.05) is 39.7 Å². The number of phenols is 1. The van der Waals surface area contributed by atoms with Crippen molar-refractivity contribution in [3.8, 4) is 11.5 Å². The standard InChI is InChI=1S/C33H21BBrCl2F5N2O8/c1-52-18-9-12(35)8-16(27(18)45)20-14-5-6-15-19(29(47)43(28(15)46)13-4-2-3-11(7-13)34(50)51)17(14)10-32(36)30(48)44(31(49)33(20,32)37)26-24(41)22(39)21(38)23(40)25(26)42/h2-5,7-9,15,17,19-20,45,50-51H,6,10H2,1H3/t15-,17+,19-,20+,32+,33-/m0/s1. The van der Waals surface area contributed by atoms with E-state index in [0.29, 0.717) is 0 Å². The summed E-state index contributed by atoms with van der Waals surface area (Å²) in [4.78, 5) is 51.8. The van der Waals surface area contributed by atoms with E-state index in [1.54, 1.807) is 0 Å². The molecule has 4 amide bonds. The van der Waals surface area contributed by atoms with Gasteiger partial charge in [0.2, 0.25) is 17.6 Å². The number of carbonyl (C=O) groups is 4. The normalized spacial score (nSPS) is 28.2. The first kappa shape index (κ1) is 36.3. The van der Waals surface area contributed by atoms with Crippen LogP contribution in [0.25, 0.3) is 0 Å². The molecule has 0 aromatic heterocycles. The minimum atomic E-state index is -2.86. The molecule has 0 bridgehead atoms. The molecule has 0 radical (unpaired) electrons. The summed E-state index contributed by atoms with van der Waals surface area (Å²) in [5, 5.41) is 30.8. The van der Waals surface area contributed by atoms with Crippen molar-refractivity contribution in [2.75, 3.05) is 16.9 Å². The lowest BCUT2D eigenvalue weighted by Gasteiger charge is -2.50. The first-order valence-electron chi connectivity index (χ1n) is 15.3. The number of anilines is 2. The molecule has 3 aromatic rings. The summed E-state index contributed by atoms with van der Waals surface area (Å²) < 4.78 is 79.0. The third-order valence-electron chi connectivity index (χ3n) is 10.2. The van der Waals surface area contributed by atoms with Gasteiger partial charge in [-0.05, 0) is 48.5 Å². The molecule has 2 saturated heterocycles. The molecule has 270 valence electrons. The number of allylic oxidation sites excluding steroid dienone is 2. The average molecular weight is 830 g/mol. The van der Waals surface area contributed by atoms with E-state index in [4.69, 9.17) is 27.9 Å². The van der Waals surface area contributed by atoms with Crippen LogP contribution in [0, 0.1) is 46.8 Å². The van der Waals surface area contributed by atoms with Gasteiger partial charge in [0.15, 0.2) is 44.5 Å². The average Bonchev–Trinajstić information content (AvgIpc) is 3.45. The second-order valence-corrected chi connectivity index (χ2v) is 14.9. The SMILES string of the molecule is COc1cc(Br)cc([C@H]2C3=CC[C@@H]4C(=O)N(c5cccc(B(O)O)c5)C(=O)[C@@H]4[C@@H]3C[C@@]3(Cl)C(=O)N(c4c(F)c(F)c(F)c(F)c4F)C(=O)[C@@]23Cl)c1O. The van der Waals surface area contributed by atoms with Crippen LogP contribution >= 0.6 is 39.1 Å². The van der Waals surface area contributed by atoms with Crippen molar-refractivity contribution in [3.05, 3.63) is 87.2 Å². The molecule has 10 nitrogen and oxygen atoms in total. The topological polar surface area (TPSA) is 145 Å². The zero-order valence-corrected chi connectivity index (χ0v) is 29.2. The van der Waals surface area contributed by atoms with Crippen molar-refractivity contribution < 1.29 is 61.0 Å². The Morgan fingerprint density at radius 1 is 0.885 bits per heavy atom. The fourth-order valence-corrected chi connectivity index (χ4v) is 9.34. The molecule has 1 saturated carbocycles. The van der Waals surface area contributed by atoms with Gasteiger partial charge in [-0.15, -0.1) is 23.2 Å². The minimum Gasteiger partial charge on any atom is -0.504 e. The van der Waals surface area contributed by atoms with Crippen LogP contribution in [0.1, 0.15) is 24.3 Å². The lowest BCUT2D eigenvalue weighted by atomic mass is 9.56. The number of hydrogen-bond donors (Lipinski definition) is 3. The molecule has 19 heteroatoms. The highest BCUT2D eigenvalue weighted by atomic mass is 79.9. The Morgan fingerprint density at radius 3 is 2.13 bits per heavy atom. The number of rotatable bonds is 5. The number of ether oxygens (including phenoxy) is 1. The molecule has 6 atom stereocenters. The van der Waals surface area contributed by atoms with E-state index in [9.17, 15) is 47.5 Å². The number of alkyl halides is 2. The summed E-state index contributed by atoms with van der Waals surface area (Å²) in [6.45, 7) is 0. The molecule has 2 aliphatic carbocycles. The molecular weight excluding hydrogens is 809 g/mol. The van der Waals surface area contributed by atoms with Crippen LogP contribution < -0.4 is 20.0 Å². The van der Waals surface area contributed by atoms with Crippen molar-refractivity contribution in [3.63, 3.8) is 0 Å². The van der Waals surface area contributed by atoms with Crippen molar-refractivity contribution >= 4 is 86.7 Å². The van der Waals surface area contributed by atoms with E-state index < -0.39 is 111 Å². The summed E-state index contributed by atoms with van der Waals surface area (Å²) in [5.41, 5.74) is -2.13. The fraction of sp³-hybridized carbons (Fsp3) is 0.273. The summed E-state index contributed by atoms with van der Waals surface area (Å²) in [6.07, 6.45) is 0.547. The molecule has 3 fully saturated rings. The van der Waals surface area contributed by atoms with E-state index in [1.807, 2.05) is 0 Å². The lowest BCUT2D eigenvalue weighted by molar-refractivity contribution is -0.125. The molecule has 0 unspecified atom stereocenters. The molecule has 0 spiro atoms. The number of amides is 4. The Kier molecular flexibility index (Phi) is 8.57. The van der Waals surface area contributed by atoms with Crippen molar-refractivity contribution in [2.24, 2.45) is 17.8 Å². The van der Waals surface area contributed by atoms with E-state index in [2.05, 4.69) is 15.9 Å². The van der Waals surface area contributed by atoms with E-state index in [-0.39, 0.29) is 43.8 Å². The largest absolute Gasteiger partial charge is 0.504 e. The second kappa shape index (κ2) is 12.3. The maximum atomic E-state index is 15.3. The van der Waals surface area contributed by atoms with Gasteiger partial charge in [0.1, 0.15) is 5.69 Å². The minimum absolute atomic E-state index is 0.0184. The first-order chi connectivity index (χ1) is 24.4. The van der Waals surface area contributed by atoms with Gasteiger partial charge in [-0.3, -0.25) is 24.1 Å². The van der Waals surface area contributed by atoms with Crippen molar-refractivity contribution in [1.82, 2.24) is 0 Å². The summed E-state index contributed by atoms with van der Waals surface area (Å²) in [7, 11) is -0.754. The number of methoxy groups -OCH3 is 1. The highest BCUT2D eigenvalue weighted by molar-refractivity contribution is 9.10. The number of phenolic OH excluding ortho intramolecular Hbond substituents is 1.